The van der Waals surface area contributed by atoms with E-state index < -0.39 is 0 Å². The van der Waals surface area contributed by atoms with E-state index in [0.717, 1.165) is 28.7 Å². The van der Waals surface area contributed by atoms with Crippen molar-refractivity contribution in [2.75, 3.05) is 18.4 Å². The molecule has 0 atom stereocenters. The monoisotopic (exact) mass is 370 g/mol. The van der Waals surface area contributed by atoms with E-state index >= 15 is 0 Å². The summed E-state index contributed by atoms with van der Waals surface area (Å²) in [6, 6.07) is 15.9. The number of piperidine rings is 1. The van der Waals surface area contributed by atoms with E-state index in [1.54, 1.807) is 0 Å². The maximum atomic E-state index is 12.1. The first-order chi connectivity index (χ1) is 12.6. The first-order valence-corrected chi connectivity index (χ1v) is 9.82. The number of carbonyl (C=O) groups is 1. The molecule has 0 radical (unpaired) electrons. The average molecular weight is 371 g/mol. The summed E-state index contributed by atoms with van der Waals surface area (Å²) >= 11 is 5.88. The van der Waals surface area contributed by atoms with Gasteiger partial charge in [0.2, 0.25) is 5.91 Å². The molecule has 1 amide bonds. The quantitative estimate of drug-likeness (QED) is 0.763. The lowest BCUT2D eigenvalue weighted by atomic mass is 9.99. The minimum Gasteiger partial charge on any atom is -0.326 e. The van der Waals surface area contributed by atoms with Crippen molar-refractivity contribution in [1.82, 2.24) is 4.90 Å². The second-order valence-electron chi connectivity index (χ2n) is 7.33. The van der Waals surface area contributed by atoms with Gasteiger partial charge in [0, 0.05) is 23.7 Å². The largest absolute Gasteiger partial charge is 0.326 e. The predicted octanol–water partition coefficient (Wildman–Crippen LogP) is 5.14. The molecule has 26 heavy (non-hydrogen) atoms. The first kappa shape index (κ1) is 18.9. The molecule has 2 aromatic rings. The lowest BCUT2D eigenvalue weighted by molar-refractivity contribution is -0.116. The number of hydrogen-bond donors (Lipinski definition) is 1. The summed E-state index contributed by atoms with van der Waals surface area (Å²) in [4.78, 5) is 14.7. The van der Waals surface area contributed by atoms with Crippen LogP contribution >= 0.6 is 11.6 Å². The number of benzene rings is 2. The van der Waals surface area contributed by atoms with Crippen molar-refractivity contribution in [3.63, 3.8) is 0 Å². The lowest BCUT2D eigenvalue weighted by Gasteiger charge is -2.30. The van der Waals surface area contributed by atoms with Crippen molar-refractivity contribution >= 4 is 23.2 Å². The van der Waals surface area contributed by atoms with E-state index in [1.807, 2.05) is 36.4 Å². The highest BCUT2D eigenvalue weighted by Crippen LogP contribution is 2.19. The Labute approximate surface area is 161 Å². The number of hydrogen-bond acceptors (Lipinski definition) is 2. The Morgan fingerprint density at radius 1 is 1.04 bits per heavy atom. The fourth-order valence-corrected chi connectivity index (χ4v) is 3.43. The molecule has 1 aliphatic rings. The molecule has 1 heterocycles. The molecular formula is C22H27ClN2O. The molecule has 0 unspecified atom stereocenters. The summed E-state index contributed by atoms with van der Waals surface area (Å²) in [5.41, 5.74) is 3.29. The van der Waals surface area contributed by atoms with Crippen LogP contribution < -0.4 is 5.32 Å². The van der Waals surface area contributed by atoms with Gasteiger partial charge in [-0.3, -0.25) is 9.69 Å². The van der Waals surface area contributed by atoms with Crippen LogP contribution in [0.4, 0.5) is 5.69 Å². The SMILES string of the molecule is CC1CCN(Cc2ccc(NC(=O)CCc3ccc(Cl)cc3)cc2)CC1. The van der Waals surface area contributed by atoms with E-state index in [2.05, 4.69) is 29.3 Å². The molecule has 4 heteroatoms. The highest BCUT2D eigenvalue weighted by molar-refractivity contribution is 6.30. The van der Waals surface area contributed by atoms with E-state index in [0.29, 0.717) is 12.8 Å². The first-order valence-electron chi connectivity index (χ1n) is 9.44. The van der Waals surface area contributed by atoms with Gasteiger partial charge in [-0.05, 0) is 73.7 Å². The number of amides is 1. The highest BCUT2D eigenvalue weighted by atomic mass is 35.5. The van der Waals surface area contributed by atoms with Gasteiger partial charge in [-0.2, -0.15) is 0 Å². The Bertz CT molecular complexity index is 704. The van der Waals surface area contributed by atoms with Crippen LogP contribution in [0, 0.1) is 5.92 Å². The van der Waals surface area contributed by atoms with Crippen molar-refractivity contribution in [3.8, 4) is 0 Å². The van der Waals surface area contributed by atoms with Crippen LogP contribution in [0.2, 0.25) is 5.02 Å². The number of nitrogens with one attached hydrogen (secondary N) is 1. The number of aryl methyl sites for hydroxylation is 1. The molecule has 1 saturated heterocycles. The van der Waals surface area contributed by atoms with Crippen molar-refractivity contribution in [2.45, 2.75) is 39.2 Å². The van der Waals surface area contributed by atoms with Crippen LogP contribution in [0.1, 0.15) is 37.3 Å². The number of likely N-dealkylation sites (tertiary alicyclic amines) is 1. The average Bonchev–Trinajstić information content (AvgIpc) is 2.65. The Hall–Kier alpha value is -1.84. The third kappa shape index (κ3) is 5.86. The van der Waals surface area contributed by atoms with Crippen LogP contribution in [0.25, 0.3) is 0 Å². The van der Waals surface area contributed by atoms with Gasteiger partial charge in [0.1, 0.15) is 0 Å². The van der Waals surface area contributed by atoms with Crippen LogP contribution in [0.3, 0.4) is 0 Å². The Kier molecular flexibility index (Phi) is 6.70. The van der Waals surface area contributed by atoms with E-state index in [4.69, 9.17) is 11.6 Å². The van der Waals surface area contributed by atoms with Crippen molar-refractivity contribution in [2.24, 2.45) is 5.92 Å². The lowest BCUT2D eigenvalue weighted by Crippen LogP contribution is -2.32. The van der Waals surface area contributed by atoms with Crippen LogP contribution in [-0.4, -0.2) is 23.9 Å². The Balaban J connectivity index is 1.44. The third-order valence-corrected chi connectivity index (χ3v) is 5.33. The van der Waals surface area contributed by atoms with Gasteiger partial charge in [-0.1, -0.05) is 42.8 Å². The van der Waals surface area contributed by atoms with Crippen molar-refractivity contribution in [3.05, 3.63) is 64.7 Å². The summed E-state index contributed by atoms with van der Waals surface area (Å²) in [7, 11) is 0. The normalized spacial score (nSPS) is 15.8. The number of anilines is 1. The van der Waals surface area contributed by atoms with Crippen LogP contribution in [0.5, 0.6) is 0 Å². The van der Waals surface area contributed by atoms with Crippen LogP contribution in [-0.2, 0) is 17.8 Å². The second kappa shape index (κ2) is 9.20. The highest BCUT2D eigenvalue weighted by Gasteiger charge is 2.15. The molecule has 1 aliphatic heterocycles. The summed E-state index contributed by atoms with van der Waals surface area (Å²) < 4.78 is 0. The smallest absolute Gasteiger partial charge is 0.224 e. The maximum Gasteiger partial charge on any atom is 0.224 e. The van der Waals surface area contributed by atoms with Gasteiger partial charge in [0.25, 0.3) is 0 Å². The maximum absolute atomic E-state index is 12.1. The van der Waals surface area contributed by atoms with Crippen molar-refractivity contribution < 1.29 is 4.79 Å². The number of carbonyl (C=O) groups excluding carboxylic acids is 1. The molecule has 0 aliphatic carbocycles. The molecule has 0 spiro atoms. The molecule has 1 fully saturated rings. The van der Waals surface area contributed by atoms with Gasteiger partial charge in [0.15, 0.2) is 0 Å². The van der Waals surface area contributed by atoms with Gasteiger partial charge in [0.05, 0.1) is 0 Å². The molecule has 0 saturated carbocycles. The molecule has 1 N–H and O–H groups in total. The van der Waals surface area contributed by atoms with Gasteiger partial charge in [-0.15, -0.1) is 0 Å². The molecule has 2 aromatic carbocycles. The Morgan fingerprint density at radius 3 is 2.31 bits per heavy atom. The van der Waals surface area contributed by atoms with Gasteiger partial charge in [-0.25, -0.2) is 0 Å². The molecule has 0 bridgehead atoms. The minimum absolute atomic E-state index is 0.0396. The Morgan fingerprint density at radius 2 is 1.65 bits per heavy atom. The zero-order chi connectivity index (χ0) is 18.4. The van der Waals surface area contributed by atoms with E-state index in [1.165, 1.54) is 31.5 Å². The van der Waals surface area contributed by atoms with Gasteiger partial charge < -0.3 is 5.32 Å². The van der Waals surface area contributed by atoms with Crippen molar-refractivity contribution in [1.29, 1.82) is 0 Å². The summed E-state index contributed by atoms with van der Waals surface area (Å²) in [5, 5.41) is 3.70. The fraction of sp³-hybridized carbons (Fsp3) is 0.409. The molecule has 3 rings (SSSR count). The van der Waals surface area contributed by atoms with Crippen LogP contribution in [0.15, 0.2) is 48.5 Å². The summed E-state index contributed by atoms with van der Waals surface area (Å²) in [5.74, 6) is 0.898. The standard InChI is InChI=1S/C22H27ClN2O/c1-17-12-14-25(15-13-17)16-19-4-9-21(10-5-19)24-22(26)11-6-18-2-7-20(23)8-3-18/h2-5,7-10,17H,6,11-16H2,1H3,(H,24,26). The number of halogens is 1. The zero-order valence-corrected chi connectivity index (χ0v) is 16.1. The van der Waals surface area contributed by atoms with Gasteiger partial charge >= 0.3 is 0 Å². The molecule has 138 valence electrons. The topological polar surface area (TPSA) is 32.3 Å². The van der Waals surface area contributed by atoms with E-state index in [9.17, 15) is 4.79 Å². The molecular weight excluding hydrogens is 344 g/mol. The third-order valence-electron chi connectivity index (χ3n) is 5.07. The molecule has 3 nitrogen and oxygen atoms in total. The summed E-state index contributed by atoms with van der Waals surface area (Å²) in [6.07, 6.45) is 3.77. The zero-order valence-electron chi connectivity index (χ0n) is 15.4. The number of nitrogens with zero attached hydrogens (tertiary/aromatic N) is 1. The van der Waals surface area contributed by atoms with E-state index in [-0.39, 0.29) is 5.91 Å². The summed E-state index contributed by atoms with van der Waals surface area (Å²) in [6.45, 7) is 5.70. The molecule has 0 aromatic heterocycles. The fourth-order valence-electron chi connectivity index (χ4n) is 3.30. The number of rotatable bonds is 6. The predicted molar refractivity (Wildman–Crippen MR) is 109 cm³/mol. The minimum atomic E-state index is 0.0396. The second-order valence-corrected chi connectivity index (χ2v) is 7.77.